The van der Waals surface area contributed by atoms with E-state index in [4.69, 9.17) is 5.21 Å². The van der Waals surface area contributed by atoms with Gasteiger partial charge < -0.3 is 5.32 Å². The van der Waals surface area contributed by atoms with Crippen molar-refractivity contribution in [3.8, 4) is 0 Å². The second kappa shape index (κ2) is 9.25. The number of pyridine rings is 1. The van der Waals surface area contributed by atoms with E-state index >= 15 is 0 Å². The number of aromatic nitrogens is 1. The fourth-order valence-electron chi connectivity index (χ4n) is 3.09. The van der Waals surface area contributed by atoms with Crippen LogP contribution in [0.1, 0.15) is 24.0 Å². The zero-order valence-electron chi connectivity index (χ0n) is 14.9. The van der Waals surface area contributed by atoms with Gasteiger partial charge in [-0.25, -0.2) is 14.9 Å². The normalized spacial score (nSPS) is 15.8. The predicted octanol–water partition coefficient (Wildman–Crippen LogP) is 2.82. The van der Waals surface area contributed by atoms with Gasteiger partial charge in [-0.1, -0.05) is 12.1 Å². The predicted molar refractivity (Wildman–Crippen MR) is 102 cm³/mol. The highest BCUT2D eigenvalue weighted by Gasteiger charge is 2.19. The molecule has 1 aliphatic rings. The van der Waals surface area contributed by atoms with Gasteiger partial charge in [-0.15, -0.1) is 0 Å². The minimum absolute atomic E-state index is 0.202. The molecule has 2 heterocycles. The number of nitrogens with zero attached hydrogens (tertiary/aromatic N) is 2. The molecule has 0 spiro atoms. The van der Waals surface area contributed by atoms with Crippen LogP contribution in [0.25, 0.3) is 6.08 Å². The van der Waals surface area contributed by atoms with Gasteiger partial charge in [0.25, 0.3) is 5.91 Å². The molecule has 0 atom stereocenters. The Balaban J connectivity index is 1.45. The van der Waals surface area contributed by atoms with Crippen LogP contribution < -0.4 is 10.8 Å². The van der Waals surface area contributed by atoms with E-state index < -0.39 is 5.91 Å². The summed E-state index contributed by atoms with van der Waals surface area (Å²) in [5.74, 6) is 0.0210. The average Bonchev–Trinajstić information content (AvgIpc) is 2.70. The zero-order chi connectivity index (χ0) is 19.1. The summed E-state index contributed by atoms with van der Waals surface area (Å²) in [6.45, 7) is 2.80. The molecule has 0 aliphatic carbocycles. The molecule has 0 radical (unpaired) electrons. The van der Waals surface area contributed by atoms with Crippen LogP contribution in [-0.4, -0.2) is 40.1 Å². The highest BCUT2D eigenvalue weighted by Crippen LogP contribution is 2.18. The molecule has 7 heteroatoms. The highest BCUT2D eigenvalue weighted by molar-refractivity contribution is 5.90. The number of rotatable bonds is 6. The van der Waals surface area contributed by atoms with E-state index in [1.54, 1.807) is 17.8 Å². The van der Waals surface area contributed by atoms with Gasteiger partial charge in [0.15, 0.2) is 0 Å². The van der Waals surface area contributed by atoms with Crippen molar-refractivity contribution in [1.82, 2.24) is 15.4 Å². The van der Waals surface area contributed by atoms with E-state index in [1.165, 1.54) is 18.2 Å². The van der Waals surface area contributed by atoms with Crippen LogP contribution in [0.5, 0.6) is 0 Å². The first-order valence-corrected chi connectivity index (χ1v) is 8.94. The summed E-state index contributed by atoms with van der Waals surface area (Å²) >= 11 is 0. The quantitative estimate of drug-likeness (QED) is 0.414. The molecule has 0 bridgehead atoms. The SMILES string of the molecule is O=C(C=Cc1ccc(NC2CCN(Cc3ccc(F)cc3)CC2)nc1)NO. The maximum absolute atomic E-state index is 13.0. The number of hydroxylamine groups is 1. The number of anilines is 1. The standard InChI is InChI=1S/C20H23FN4O2/c21-17-5-1-16(2-6-17)14-25-11-9-18(10-12-25)23-19-7-3-15(13-22-19)4-8-20(26)24-27/h1-8,13,18,27H,9-12,14H2,(H,22,23)(H,24,26). The van der Waals surface area contributed by atoms with Crippen LogP contribution in [0.4, 0.5) is 10.2 Å². The van der Waals surface area contributed by atoms with E-state index in [1.807, 2.05) is 24.3 Å². The van der Waals surface area contributed by atoms with Crippen LogP contribution in [0.15, 0.2) is 48.7 Å². The van der Waals surface area contributed by atoms with Crippen molar-refractivity contribution in [2.75, 3.05) is 18.4 Å². The molecular weight excluding hydrogens is 347 g/mol. The molecule has 1 aliphatic heterocycles. The number of nitrogens with one attached hydrogen (secondary N) is 2. The summed E-state index contributed by atoms with van der Waals surface area (Å²) in [6.07, 6.45) is 6.52. The highest BCUT2D eigenvalue weighted by atomic mass is 19.1. The van der Waals surface area contributed by atoms with Crippen molar-refractivity contribution >= 4 is 17.8 Å². The molecule has 27 heavy (non-hydrogen) atoms. The number of benzene rings is 1. The van der Waals surface area contributed by atoms with Crippen molar-refractivity contribution in [3.05, 3.63) is 65.6 Å². The Labute approximate surface area is 157 Å². The topological polar surface area (TPSA) is 77.5 Å². The van der Waals surface area contributed by atoms with Crippen LogP contribution >= 0.6 is 0 Å². The van der Waals surface area contributed by atoms with Gasteiger partial charge in [-0.3, -0.25) is 14.9 Å². The minimum atomic E-state index is -0.579. The molecule has 0 unspecified atom stereocenters. The van der Waals surface area contributed by atoms with Gasteiger partial charge in [0.05, 0.1) is 0 Å². The molecule has 1 aromatic heterocycles. The maximum Gasteiger partial charge on any atom is 0.267 e. The molecule has 0 saturated carbocycles. The Hall–Kier alpha value is -2.77. The Morgan fingerprint density at radius 2 is 1.96 bits per heavy atom. The third-order valence-corrected chi connectivity index (χ3v) is 4.58. The summed E-state index contributed by atoms with van der Waals surface area (Å²) in [7, 11) is 0. The smallest absolute Gasteiger partial charge is 0.267 e. The molecule has 1 saturated heterocycles. The number of hydrogen-bond donors (Lipinski definition) is 3. The molecular formula is C20H23FN4O2. The fraction of sp³-hybridized carbons (Fsp3) is 0.300. The first kappa shape index (κ1) is 19.0. The fourth-order valence-corrected chi connectivity index (χ4v) is 3.09. The lowest BCUT2D eigenvalue weighted by molar-refractivity contribution is -0.124. The molecule has 3 N–H and O–H groups in total. The first-order valence-electron chi connectivity index (χ1n) is 8.94. The third-order valence-electron chi connectivity index (χ3n) is 4.58. The Morgan fingerprint density at radius 1 is 1.22 bits per heavy atom. The lowest BCUT2D eigenvalue weighted by Crippen LogP contribution is -2.38. The van der Waals surface area contributed by atoms with Gasteiger partial charge in [-0.2, -0.15) is 0 Å². The van der Waals surface area contributed by atoms with Gasteiger partial charge >= 0.3 is 0 Å². The second-order valence-corrected chi connectivity index (χ2v) is 6.61. The lowest BCUT2D eigenvalue weighted by atomic mass is 10.0. The molecule has 1 fully saturated rings. The number of piperidine rings is 1. The van der Waals surface area contributed by atoms with Crippen molar-refractivity contribution < 1.29 is 14.4 Å². The summed E-state index contributed by atoms with van der Waals surface area (Å²) < 4.78 is 13.0. The molecule has 142 valence electrons. The van der Waals surface area contributed by atoms with Gasteiger partial charge in [0.1, 0.15) is 11.6 Å². The number of carbonyl (C=O) groups excluding carboxylic acids is 1. The van der Waals surface area contributed by atoms with Crippen LogP contribution in [0, 0.1) is 5.82 Å². The van der Waals surface area contributed by atoms with E-state index in [0.29, 0.717) is 6.04 Å². The Morgan fingerprint density at radius 3 is 2.59 bits per heavy atom. The van der Waals surface area contributed by atoms with Crippen molar-refractivity contribution in [3.63, 3.8) is 0 Å². The van der Waals surface area contributed by atoms with Gasteiger partial charge in [0.2, 0.25) is 0 Å². The lowest BCUT2D eigenvalue weighted by Gasteiger charge is -2.32. The zero-order valence-corrected chi connectivity index (χ0v) is 14.9. The molecule has 1 amide bonds. The first-order chi connectivity index (χ1) is 13.1. The number of halogens is 1. The van der Waals surface area contributed by atoms with Crippen LogP contribution in [0.3, 0.4) is 0 Å². The molecule has 2 aromatic rings. The van der Waals surface area contributed by atoms with E-state index in [0.717, 1.165) is 49.4 Å². The average molecular weight is 370 g/mol. The number of hydrogen-bond acceptors (Lipinski definition) is 5. The van der Waals surface area contributed by atoms with E-state index in [-0.39, 0.29) is 5.82 Å². The minimum Gasteiger partial charge on any atom is -0.367 e. The van der Waals surface area contributed by atoms with E-state index in [2.05, 4.69) is 15.2 Å². The monoisotopic (exact) mass is 370 g/mol. The van der Waals surface area contributed by atoms with Crippen LogP contribution in [0.2, 0.25) is 0 Å². The second-order valence-electron chi connectivity index (χ2n) is 6.61. The van der Waals surface area contributed by atoms with Crippen LogP contribution in [-0.2, 0) is 11.3 Å². The van der Waals surface area contributed by atoms with Gasteiger partial charge in [0, 0.05) is 37.9 Å². The van der Waals surface area contributed by atoms with Crippen molar-refractivity contribution in [2.45, 2.75) is 25.4 Å². The number of carbonyl (C=O) groups is 1. The summed E-state index contributed by atoms with van der Waals surface area (Å²) in [5, 5.41) is 11.9. The van der Waals surface area contributed by atoms with Crippen molar-refractivity contribution in [2.24, 2.45) is 0 Å². The molecule has 1 aromatic carbocycles. The Bertz CT molecular complexity index is 770. The summed E-state index contributed by atoms with van der Waals surface area (Å²) in [4.78, 5) is 17.7. The van der Waals surface area contributed by atoms with E-state index in [9.17, 15) is 9.18 Å². The number of likely N-dealkylation sites (tertiary alicyclic amines) is 1. The summed E-state index contributed by atoms with van der Waals surface area (Å²) in [5.41, 5.74) is 3.45. The molecule has 6 nitrogen and oxygen atoms in total. The Kier molecular flexibility index (Phi) is 6.51. The number of amides is 1. The van der Waals surface area contributed by atoms with Crippen molar-refractivity contribution in [1.29, 1.82) is 0 Å². The largest absolute Gasteiger partial charge is 0.367 e. The van der Waals surface area contributed by atoms with Gasteiger partial charge in [-0.05, 0) is 54.3 Å². The maximum atomic E-state index is 13.0. The summed E-state index contributed by atoms with van der Waals surface area (Å²) in [6, 6.07) is 10.8. The third kappa shape index (κ3) is 5.87. The molecule has 3 rings (SSSR count).